The number of carbonyl (C=O) groups is 1. The SMILES string of the molecule is CC(CNC(=O)CC(C)(C)N)C1CC1. The maximum atomic E-state index is 11.4. The van der Waals surface area contributed by atoms with E-state index < -0.39 is 5.54 Å². The Kier molecular flexibility index (Phi) is 3.53. The van der Waals surface area contributed by atoms with E-state index in [-0.39, 0.29) is 5.91 Å². The average Bonchev–Trinajstić information content (AvgIpc) is 2.78. The van der Waals surface area contributed by atoms with Crippen LogP contribution in [0.1, 0.15) is 40.0 Å². The van der Waals surface area contributed by atoms with Crippen molar-refractivity contribution in [1.29, 1.82) is 0 Å². The van der Waals surface area contributed by atoms with Crippen LogP contribution < -0.4 is 11.1 Å². The minimum absolute atomic E-state index is 0.0741. The molecule has 1 aliphatic carbocycles. The molecule has 1 fully saturated rings. The molecule has 0 aliphatic heterocycles. The van der Waals surface area contributed by atoms with Crippen LogP contribution in [0, 0.1) is 11.8 Å². The summed E-state index contributed by atoms with van der Waals surface area (Å²) in [6.45, 7) is 6.75. The van der Waals surface area contributed by atoms with Crippen LogP contribution in [-0.2, 0) is 4.79 Å². The molecule has 1 rings (SSSR count). The predicted molar refractivity (Wildman–Crippen MR) is 57.8 cm³/mol. The quantitative estimate of drug-likeness (QED) is 0.699. The normalized spacial score (nSPS) is 19.1. The fraction of sp³-hybridized carbons (Fsp3) is 0.909. The predicted octanol–water partition coefficient (Wildman–Crippen LogP) is 1.28. The molecule has 0 aromatic heterocycles. The number of hydrogen-bond donors (Lipinski definition) is 2. The summed E-state index contributed by atoms with van der Waals surface area (Å²) in [7, 11) is 0. The first-order valence-electron chi connectivity index (χ1n) is 5.44. The van der Waals surface area contributed by atoms with E-state index in [1.165, 1.54) is 12.8 Å². The highest BCUT2D eigenvalue weighted by Crippen LogP contribution is 2.36. The zero-order chi connectivity index (χ0) is 10.8. The van der Waals surface area contributed by atoms with E-state index >= 15 is 0 Å². The zero-order valence-electron chi connectivity index (χ0n) is 9.47. The number of nitrogens with one attached hydrogen (secondary N) is 1. The minimum atomic E-state index is -0.396. The molecule has 3 N–H and O–H groups in total. The van der Waals surface area contributed by atoms with E-state index in [1.807, 2.05) is 13.8 Å². The van der Waals surface area contributed by atoms with Gasteiger partial charge in [-0.05, 0) is 38.5 Å². The van der Waals surface area contributed by atoms with E-state index in [0.29, 0.717) is 12.3 Å². The van der Waals surface area contributed by atoms with Crippen LogP contribution >= 0.6 is 0 Å². The zero-order valence-corrected chi connectivity index (χ0v) is 9.47. The molecule has 3 nitrogen and oxygen atoms in total. The third-order valence-corrected chi connectivity index (χ3v) is 2.66. The lowest BCUT2D eigenvalue weighted by atomic mass is 10.0. The number of rotatable bonds is 5. The molecule has 1 amide bonds. The molecule has 0 heterocycles. The molecule has 1 saturated carbocycles. The first-order chi connectivity index (χ1) is 6.38. The lowest BCUT2D eigenvalue weighted by Crippen LogP contribution is -2.40. The van der Waals surface area contributed by atoms with Gasteiger partial charge >= 0.3 is 0 Å². The molecule has 0 aromatic carbocycles. The number of hydrogen-bond acceptors (Lipinski definition) is 2. The lowest BCUT2D eigenvalue weighted by molar-refractivity contribution is -0.122. The molecule has 1 atom stereocenters. The molecule has 82 valence electrons. The van der Waals surface area contributed by atoms with Gasteiger partial charge in [-0.25, -0.2) is 0 Å². The standard InChI is InChI=1S/C11H22N2O/c1-8(9-4-5-9)7-13-10(14)6-11(2,3)12/h8-9H,4-7,12H2,1-3H3,(H,13,14). The largest absolute Gasteiger partial charge is 0.356 e. The second-order valence-electron chi connectivity index (χ2n) is 5.28. The third kappa shape index (κ3) is 4.61. The maximum Gasteiger partial charge on any atom is 0.221 e. The Balaban J connectivity index is 2.14. The molecule has 0 aromatic rings. The van der Waals surface area contributed by atoms with Crippen LogP contribution in [0.3, 0.4) is 0 Å². The van der Waals surface area contributed by atoms with Crippen LogP contribution in [0.2, 0.25) is 0 Å². The Morgan fingerprint density at radius 1 is 1.57 bits per heavy atom. The van der Waals surface area contributed by atoms with Crippen LogP contribution in [0.5, 0.6) is 0 Å². The van der Waals surface area contributed by atoms with Crippen molar-refractivity contribution in [3.8, 4) is 0 Å². The number of carbonyl (C=O) groups excluding carboxylic acids is 1. The molecule has 0 bridgehead atoms. The summed E-state index contributed by atoms with van der Waals surface area (Å²) in [6.07, 6.45) is 3.07. The topological polar surface area (TPSA) is 55.1 Å². The van der Waals surface area contributed by atoms with E-state index in [9.17, 15) is 4.79 Å². The summed E-state index contributed by atoms with van der Waals surface area (Å²) in [5, 5.41) is 2.94. The maximum absolute atomic E-state index is 11.4. The molecule has 0 spiro atoms. The lowest BCUT2D eigenvalue weighted by Gasteiger charge is -2.18. The Morgan fingerprint density at radius 2 is 2.14 bits per heavy atom. The first-order valence-corrected chi connectivity index (χ1v) is 5.44. The summed E-state index contributed by atoms with van der Waals surface area (Å²) < 4.78 is 0. The molecule has 0 radical (unpaired) electrons. The Bertz CT molecular complexity index is 204. The van der Waals surface area contributed by atoms with Crippen molar-refractivity contribution in [3.63, 3.8) is 0 Å². The molecule has 0 saturated heterocycles. The summed E-state index contributed by atoms with van der Waals surface area (Å²) in [4.78, 5) is 11.4. The van der Waals surface area contributed by atoms with Gasteiger partial charge in [0.1, 0.15) is 0 Å². The van der Waals surface area contributed by atoms with Crippen LogP contribution in [-0.4, -0.2) is 18.0 Å². The molecule has 14 heavy (non-hydrogen) atoms. The van der Waals surface area contributed by atoms with Gasteiger partial charge in [0.25, 0.3) is 0 Å². The van der Waals surface area contributed by atoms with Crippen molar-refractivity contribution in [2.75, 3.05) is 6.54 Å². The van der Waals surface area contributed by atoms with Gasteiger partial charge in [-0.15, -0.1) is 0 Å². The van der Waals surface area contributed by atoms with Gasteiger partial charge < -0.3 is 11.1 Å². The van der Waals surface area contributed by atoms with Gasteiger partial charge in [-0.3, -0.25) is 4.79 Å². The highest BCUT2D eigenvalue weighted by atomic mass is 16.1. The summed E-state index contributed by atoms with van der Waals surface area (Å²) in [5.74, 6) is 1.55. The van der Waals surface area contributed by atoms with Gasteiger partial charge in [0.2, 0.25) is 5.91 Å². The molecule has 3 heteroatoms. The molecular formula is C11H22N2O. The van der Waals surface area contributed by atoms with Crippen molar-refractivity contribution in [3.05, 3.63) is 0 Å². The second-order valence-corrected chi connectivity index (χ2v) is 5.28. The van der Waals surface area contributed by atoms with Crippen molar-refractivity contribution in [1.82, 2.24) is 5.32 Å². The van der Waals surface area contributed by atoms with E-state index in [4.69, 9.17) is 5.73 Å². The summed E-state index contributed by atoms with van der Waals surface area (Å²) in [6, 6.07) is 0. The van der Waals surface area contributed by atoms with E-state index in [1.54, 1.807) is 0 Å². The third-order valence-electron chi connectivity index (χ3n) is 2.66. The number of nitrogens with two attached hydrogens (primary N) is 1. The van der Waals surface area contributed by atoms with Crippen molar-refractivity contribution in [2.45, 2.75) is 45.6 Å². The van der Waals surface area contributed by atoms with Gasteiger partial charge in [0.05, 0.1) is 0 Å². The Labute approximate surface area is 86.4 Å². The fourth-order valence-corrected chi connectivity index (χ4v) is 1.58. The van der Waals surface area contributed by atoms with Gasteiger partial charge in [0, 0.05) is 18.5 Å². The summed E-state index contributed by atoms with van der Waals surface area (Å²) in [5.41, 5.74) is 5.36. The van der Waals surface area contributed by atoms with Crippen LogP contribution in [0.15, 0.2) is 0 Å². The molecule has 1 aliphatic rings. The van der Waals surface area contributed by atoms with Crippen molar-refractivity contribution in [2.24, 2.45) is 17.6 Å². The monoisotopic (exact) mass is 198 g/mol. The molecule has 1 unspecified atom stereocenters. The van der Waals surface area contributed by atoms with Gasteiger partial charge in [-0.2, -0.15) is 0 Å². The van der Waals surface area contributed by atoms with Crippen molar-refractivity contribution < 1.29 is 4.79 Å². The Hall–Kier alpha value is -0.570. The van der Waals surface area contributed by atoms with Gasteiger partial charge in [0.15, 0.2) is 0 Å². The minimum Gasteiger partial charge on any atom is -0.356 e. The van der Waals surface area contributed by atoms with Gasteiger partial charge in [-0.1, -0.05) is 6.92 Å². The summed E-state index contributed by atoms with van der Waals surface area (Å²) >= 11 is 0. The first kappa shape index (κ1) is 11.5. The smallest absolute Gasteiger partial charge is 0.221 e. The van der Waals surface area contributed by atoms with E-state index in [0.717, 1.165) is 12.5 Å². The average molecular weight is 198 g/mol. The van der Waals surface area contributed by atoms with Crippen LogP contribution in [0.4, 0.5) is 0 Å². The number of amides is 1. The second kappa shape index (κ2) is 4.30. The fourth-order valence-electron chi connectivity index (χ4n) is 1.58. The Morgan fingerprint density at radius 3 is 2.57 bits per heavy atom. The highest BCUT2D eigenvalue weighted by molar-refractivity contribution is 5.77. The van der Waals surface area contributed by atoms with Crippen molar-refractivity contribution >= 4 is 5.91 Å². The molecular weight excluding hydrogens is 176 g/mol. The van der Waals surface area contributed by atoms with Crippen LogP contribution in [0.25, 0.3) is 0 Å². The highest BCUT2D eigenvalue weighted by Gasteiger charge is 2.28. The van der Waals surface area contributed by atoms with E-state index in [2.05, 4.69) is 12.2 Å².